The molecule has 0 heterocycles. The number of likely N-dealkylation sites (N-methyl/N-ethyl adjacent to an activating group) is 1. The van der Waals surface area contributed by atoms with Crippen LogP contribution >= 0.6 is 0 Å². The molecule has 8 nitrogen and oxygen atoms in total. The fourth-order valence-corrected chi connectivity index (χ4v) is 1.34. The standard InChI is InChI=1S/C11H13N3O5/c1-13(6-7-15)11(17)10(16)12-8-4-2-3-5-9(8)14(18)19/h2-5,15H,6-7H2,1H3,(H,12,16). The molecule has 0 aromatic heterocycles. The van der Waals surface area contributed by atoms with Crippen LogP contribution in [-0.2, 0) is 9.59 Å². The highest BCUT2D eigenvalue weighted by Crippen LogP contribution is 2.22. The Morgan fingerprint density at radius 2 is 2.05 bits per heavy atom. The van der Waals surface area contributed by atoms with Gasteiger partial charge in [-0.25, -0.2) is 0 Å². The molecule has 1 rings (SSSR count). The van der Waals surface area contributed by atoms with Gasteiger partial charge in [0.15, 0.2) is 0 Å². The molecule has 0 unspecified atom stereocenters. The van der Waals surface area contributed by atoms with E-state index in [1.807, 2.05) is 0 Å². The van der Waals surface area contributed by atoms with Crippen LogP contribution in [0.3, 0.4) is 0 Å². The SMILES string of the molecule is CN(CCO)C(=O)C(=O)Nc1ccccc1[N+](=O)[O-]. The van der Waals surface area contributed by atoms with E-state index in [0.29, 0.717) is 0 Å². The second kappa shape index (κ2) is 6.45. The number of hydrogen-bond acceptors (Lipinski definition) is 5. The summed E-state index contributed by atoms with van der Waals surface area (Å²) in [5, 5.41) is 21.6. The third-order valence-corrected chi connectivity index (χ3v) is 2.33. The van der Waals surface area contributed by atoms with Gasteiger partial charge in [-0.05, 0) is 6.07 Å². The molecule has 1 aromatic rings. The van der Waals surface area contributed by atoms with Gasteiger partial charge in [0.05, 0.1) is 11.5 Å². The zero-order valence-corrected chi connectivity index (χ0v) is 10.2. The first-order chi connectivity index (χ1) is 8.97. The summed E-state index contributed by atoms with van der Waals surface area (Å²) in [6, 6.07) is 5.50. The van der Waals surface area contributed by atoms with Gasteiger partial charge in [-0.3, -0.25) is 19.7 Å². The van der Waals surface area contributed by atoms with Crippen LogP contribution in [0.2, 0.25) is 0 Å². The van der Waals surface area contributed by atoms with Gasteiger partial charge in [0, 0.05) is 19.7 Å². The number of benzene rings is 1. The van der Waals surface area contributed by atoms with E-state index in [9.17, 15) is 19.7 Å². The molecular weight excluding hydrogens is 254 g/mol. The Morgan fingerprint density at radius 3 is 2.63 bits per heavy atom. The maximum Gasteiger partial charge on any atom is 0.314 e. The summed E-state index contributed by atoms with van der Waals surface area (Å²) >= 11 is 0. The van der Waals surface area contributed by atoms with Crippen molar-refractivity contribution in [3.05, 3.63) is 34.4 Å². The van der Waals surface area contributed by atoms with Crippen molar-refractivity contribution in [1.29, 1.82) is 0 Å². The summed E-state index contributed by atoms with van der Waals surface area (Å²) in [5.41, 5.74) is -0.350. The molecule has 2 N–H and O–H groups in total. The Kier molecular flexibility index (Phi) is 4.95. The maximum absolute atomic E-state index is 11.6. The van der Waals surface area contributed by atoms with Crippen LogP contribution in [0.4, 0.5) is 11.4 Å². The number of rotatable bonds is 4. The molecule has 0 atom stereocenters. The minimum Gasteiger partial charge on any atom is -0.395 e. The number of hydrogen-bond donors (Lipinski definition) is 2. The number of aliphatic hydroxyl groups excluding tert-OH is 1. The predicted octanol–water partition coefficient (Wildman–Crippen LogP) is -0.0160. The number of carbonyl (C=O) groups excluding carboxylic acids is 2. The van der Waals surface area contributed by atoms with Gasteiger partial charge >= 0.3 is 11.8 Å². The Labute approximate surface area is 108 Å². The lowest BCUT2D eigenvalue weighted by Crippen LogP contribution is -2.38. The molecular formula is C11H13N3O5. The average Bonchev–Trinajstić information content (AvgIpc) is 2.38. The van der Waals surface area contributed by atoms with E-state index in [1.54, 1.807) is 0 Å². The predicted molar refractivity (Wildman–Crippen MR) is 66.4 cm³/mol. The molecule has 2 amide bonds. The van der Waals surface area contributed by atoms with Crippen molar-refractivity contribution in [1.82, 2.24) is 4.90 Å². The van der Waals surface area contributed by atoms with Crippen LogP contribution in [0.15, 0.2) is 24.3 Å². The molecule has 0 aliphatic carbocycles. The van der Waals surface area contributed by atoms with E-state index >= 15 is 0 Å². The molecule has 0 spiro atoms. The van der Waals surface area contributed by atoms with Crippen molar-refractivity contribution < 1.29 is 19.6 Å². The number of nitro groups is 1. The van der Waals surface area contributed by atoms with Gasteiger partial charge in [0.2, 0.25) is 0 Å². The van der Waals surface area contributed by atoms with Crippen molar-refractivity contribution in [2.24, 2.45) is 0 Å². The fraction of sp³-hybridized carbons (Fsp3) is 0.273. The highest BCUT2D eigenvalue weighted by atomic mass is 16.6. The normalized spacial score (nSPS) is 9.79. The number of nitrogens with one attached hydrogen (secondary N) is 1. The minimum absolute atomic E-state index is 0.00311. The second-order valence-electron chi connectivity index (χ2n) is 3.68. The van der Waals surface area contributed by atoms with Gasteiger partial charge in [-0.2, -0.15) is 0 Å². The summed E-state index contributed by atoms with van der Waals surface area (Å²) in [6.45, 7) is -0.274. The van der Waals surface area contributed by atoms with Gasteiger partial charge in [-0.1, -0.05) is 12.1 Å². The topological polar surface area (TPSA) is 113 Å². The van der Waals surface area contributed by atoms with E-state index in [0.717, 1.165) is 4.90 Å². The Bertz CT molecular complexity index is 503. The zero-order chi connectivity index (χ0) is 14.4. The van der Waals surface area contributed by atoms with E-state index in [-0.39, 0.29) is 24.5 Å². The van der Waals surface area contributed by atoms with Crippen LogP contribution < -0.4 is 5.32 Å². The largest absolute Gasteiger partial charge is 0.395 e. The third-order valence-electron chi connectivity index (χ3n) is 2.33. The number of amides is 2. The quantitative estimate of drug-likeness (QED) is 0.452. The monoisotopic (exact) mass is 267 g/mol. The summed E-state index contributed by atoms with van der Waals surface area (Å²) in [5.74, 6) is -1.88. The number of carbonyl (C=O) groups is 2. The van der Waals surface area contributed by atoms with Crippen molar-refractivity contribution in [2.75, 3.05) is 25.5 Å². The zero-order valence-electron chi connectivity index (χ0n) is 10.2. The van der Waals surface area contributed by atoms with Crippen molar-refractivity contribution >= 4 is 23.2 Å². The average molecular weight is 267 g/mol. The van der Waals surface area contributed by atoms with E-state index in [1.165, 1.54) is 31.3 Å². The number of nitrogens with zero attached hydrogens (tertiary/aromatic N) is 2. The fourth-order valence-electron chi connectivity index (χ4n) is 1.34. The number of anilines is 1. The first kappa shape index (κ1) is 14.6. The van der Waals surface area contributed by atoms with E-state index < -0.39 is 16.7 Å². The molecule has 0 saturated heterocycles. The second-order valence-corrected chi connectivity index (χ2v) is 3.68. The summed E-state index contributed by atoms with van der Waals surface area (Å²) in [4.78, 5) is 34.2. The third kappa shape index (κ3) is 3.75. The molecule has 1 aromatic carbocycles. The number of aliphatic hydroxyl groups is 1. The Hall–Kier alpha value is -2.48. The molecule has 0 aliphatic rings. The molecule has 19 heavy (non-hydrogen) atoms. The van der Waals surface area contributed by atoms with Crippen LogP contribution in [-0.4, -0.2) is 46.9 Å². The lowest BCUT2D eigenvalue weighted by molar-refractivity contribution is -0.383. The van der Waals surface area contributed by atoms with Crippen LogP contribution in [0.1, 0.15) is 0 Å². The first-order valence-electron chi connectivity index (χ1n) is 5.38. The van der Waals surface area contributed by atoms with Gasteiger partial charge in [0.25, 0.3) is 5.69 Å². The summed E-state index contributed by atoms with van der Waals surface area (Å²) in [6.07, 6.45) is 0. The van der Waals surface area contributed by atoms with Crippen LogP contribution in [0, 0.1) is 10.1 Å². The highest BCUT2D eigenvalue weighted by molar-refractivity contribution is 6.39. The molecule has 0 radical (unpaired) electrons. The molecule has 0 fully saturated rings. The first-order valence-corrected chi connectivity index (χ1v) is 5.38. The smallest absolute Gasteiger partial charge is 0.314 e. The molecule has 8 heteroatoms. The van der Waals surface area contributed by atoms with Crippen molar-refractivity contribution in [2.45, 2.75) is 0 Å². The van der Waals surface area contributed by atoms with Crippen LogP contribution in [0.5, 0.6) is 0 Å². The molecule has 0 saturated carbocycles. The van der Waals surface area contributed by atoms with Crippen LogP contribution in [0.25, 0.3) is 0 Å². The van der Waals surface area contributed by atoms with E-state index in [4.69, 9.17) is 5.11 Å². The number of nitro benzene ring substituents is 1. The summed E-state index contributed by atoms with van der Waals surface area (Å²) in [7, 11) is 1.34. The summed E-state index contributed by atoms with van der Waals surface area (Å²) < 4.78 is 0. The van der Waals surface area contributed by atoms with Gasteiger partial charge in [-0.15, -0.1) is 0 Å². The maximum atomic E-state index is 11.6. The molecule has 102 valence electrons. The Balaban J connectivity index is 2.83. The Morgan fingerprint density at radius 1 is 1.42 bits per heavy atom. The van der Waals surface area contributed by atoms with E-state index in [2.05, 4.69) is 5.32 Å². The van der Waals surface area contributed by atoms with Crippen molar-refractivity contribution in [3.63, 3.8) is 0 Å². The van der Waals surface area contributed by atoms with Crippen molar-refractivity contribution in [3.8, 4) is 0 Å². The minimum atomic E-state index is -0.995. The van der Waals surface area contributed by atoms with Gasteiger partial charge < -0.3 is 15.3 Å². The highest BCUT2D eigenvalue weighted by Gasteiger charge is 2.21. The molecule has 0 aliphatic heterocycles. The lowest BCUT2D eigenvalue weighted by Gasteiger charge is -2.14. The van der Waals surface area contributed by atoms with Gasteiger partial charge in [0.1, 0.15) is 5.69 Å². The molecule has 0 bridgehead atoms. The lowest BCUT2D eigenvalue weighted by atomic mass is 10.2. The number of para-hydroxylation sites is 2.